The fraction of sp³-hybridized carbons (Fsp3) is 0.455. The maximum atomic E-state index is 11.5. The average Bonchev–Trinajstić information content (AvgIpc) is 2.65. The normalized spacial score (nSPS) is 10.3. The molecule has 0 saturated heterocycles. The van der Waals surface area contributed by atoms with Crippen molar-refractivity contribution in [1.82, 2.24) is 10.3 Å². The lowest BCUT2D eigenvalue weighted by Gasteiger charge is -2.05. The van der Waals surface area contributed by atoms with E-state index in [4.69, 9.17) is 0 Å². The van der Waals surface area contributed by atoms with E-state index in [9.17, 15) is 9.59 Å². The highest BCUT2D eigenvalue weighted by atomic mass is 16.1. The Bertz CT molecular complexity index is 342. The van der Waals surface area contributed by atoms with Crippen LogP contribution in [-0.4, -0.2) is 23.7 Å². The van der Waals surface area contributed by atoms with E-state index in [1.165, 1.54) is 12.3 Å². The summed E-state index contributed by atoms with van der Waals surface area (Å²) in [6.45, 7) is 4.86. The number of aromatic amines is 1. The third-order valence-electron chi connectivity index (χ3n) is 2.09. The highest BCUT2D eigenvalue weighted by molar-refractivity contribution is 5.94. The number of carbonyl (C=O) groups excluding carboxylic acids is 2. The Morgan fingerprint density at radius 1 is 1.60 bits per heavy atom. The third kappa shape index (κ3) is 3.58. The lowest BCUT2D eigenvalue weighted by Crippen LogP contribution is -2.25. The number of rotatable bonds is 5. The van der Waals surface area contributed by atoms with Crippen molar-refractivity contribution in [2.45, 2.75) is 20.3 Å². The van der Waals surface area contributed by atoms with E-state index >= 15 is 0 Å². The van der Waals surface area contributed by atoms with Gasteiger partial charge in [-0.25, -0.2) is 0 Å². The van der Waals surface area contributed by atoms with Crippen LogP contribution in [0.5, 0.6) is 0 Å². The van der Waals surface area contributed by atoms with Crippen molar-refractivity contribution in [3.63, 3.8) is 0 Å². The molecular formula is C11H16N2O2. The minimum Gasteiger partial charge on any atom is -0.357 e. The van der Waals surface area contributed by atoms with E-state index in [0.717, 1.165) is 6.42 Å². The van der Waals surface area contributed by atoms with Gasteiger partial charge in [-0.15, -0.1) is 0 Å². The second-order valence-corrected chi connectivity index (χ2v) is 3.90. The molecule has 0 atom stereocenters. The molecule has 0 bridgehead atoms. The summed E-state index contributed by atoms with van der Waals surface area (Å²) in [4.78, 5) is 24.6. The van der Waals surface area contributed by atoms with E-state index in [-0.39, 0.29) is 5.91 Å². The van der Waals surface area contributed by atoms with Gasteiger partial charge in [-0.05, 0) is 18.4 Å². The first-order chi connectivity index (χ1) is 7.13. The molecule has 1 heterocycles. The number of hydrogen-bond acceptors (Lipinski definition) is 2. The summed E-state index contributed by atoms with van der Waals surface area (Å²) in [5.41, 5.74) is 0.921. The summed E-state index contributed by atoms with van der Waals surface area (Å²) in [5, 5.41) is 2.78. The Hall–Kier alpha value is -1.58. The van der Waals surface area contributed by atoms with Gasteiger partial charge in [0.25, 0.3) is 5.91 Å². The fourth-order valence-electron chi connectivity index (χ4n) is 1.18. The summed E-state index contributed by atoms with van der Waals surface area (Å²) in [6.07, 6.45) is 3.18. The number of aromatic nitrogens is 1. The van der Waals surface area contributed by atoms with Gasteiger partial charge in [0, 0.05) is 18.3 Å². The molecule has 0 aromatic carbocycles. The van der Waals surface area contributed by atoms with Gasteiger partial charge in [-0.3, -0.25) is 9.59 Å². The standard InChI is InChI=1S/C11H16N2O2/c1-8(2)3-4-12-11(15)10-5-9(7-14)6-13-10/h5-8,13H,3-4H2,1-2H3,(H,12,15). The molecule has 0 spiro atoms. The van der Waals surface area contributed by atoms with Crippen molar-refractivity contribution in [1.29, 1.82) is 0 Å². The van der Waals surface area contributed by atoms with Crippen LogP contribution >= 0.6 is 0 Å². The van der Waals surface area contributed by atoms with Crippen molar-refractivity contribution < 1.29 is 9.59 Å². The summed E-state index contributed by atoms with van der Waals surface area (Å²) in [6, 6.07) is 1.54. The Kier molecular flexibility index (Phi) is 4.09. The van der Waals surface area contributed by atoms with Gasteiger partial charge in [0.15, 0.2) is 6.29 Å². The quantitative estimate of drug-likeness (QED) is 0.722. The molecule has 4 nitrogen and oxygen atoms in total. The molecule has 82 valence electrons. The number of nitrogens with one attached hydrogen (secondary N) is 2. The molecule has 1 aromatic heterocycles. The van der Waals surface area contributed by atoms with E-state index in [0.29, 0.717) is 30.0 Å². The van der Waals surface area contributed by atoms with Crippen LogP contribution < -0.4 is 5.32 Å². The Balaban J connectivity index is 2.43. The van der Waals surface area contributed by atoms with Gasteiger partial charge in [0.1, 0.15) is 5.69 Å². The summed E-state index contributed by atoms with van der Waals surface area (Å²) in [5.74, 6) is 0.406. The third-order valence-corrected chi connectivity index (χ3v) is 2.09. The molecule has 0 radical (unpaired) electrons. The molecule has 0 fully saturated rings. The van der Waals surface area contributed by atoms with E-state index in [2.05, 4.69) is 24.1 Å². The number of aldehydes is 1. The van der Waals surface area contributed by atoms with Crippen LogP contribution in [0.15, 0.2) is 12.3 Å². The van der Waals surface area contributed by atoms with E-state index < -0.39 is 0 Å². The molecule has 1 aromatic rings. The van der Waals surface area contributed by atoms with Crippen LogP contribution in [0.1, 0.15) is 41.1 Å². The Morgan fingerprint density at radius 3 is 2.87 bits per heavy atom. The molecule has 2 N–H and O–H groups in total. The van der Waals surface area contributed by atoms with Crippen LogP contribution in [0.25, 0.3) is 0 Å². The predicted octanol–water partition coefficient (Wildman–Crippen LogP) is 1.60. The van der Waals surface area contributed by atoms with Crippen LogP contribution in [0.4, 0.5) is 0 Å². The average molecular weight is 208 g/mol. The van der Waals surface area contributed by atoms with E-state index in [1.807, 2.05) is 0 Å². The second-order valence-electron chi connectivity index (χ2n) is 3.90. The van der Waals surface area contributed by atoms with Gasteiger partial charge < -0.3 is 10.3 Å². The molecule has 4 heteroatoms. The van der Waals surface area contributed by atoms with Gasteiger partial charge >= 0.3 is 0 Å². The summed E-state index contributed by atoms with van der Waals surface area (Å²) < 4.78 is 0. The lowest BCUT2D eigenvalue weighted by atomic mass is 10.1. The van der Waals surface area contributed by atoms with Crippen molar-refractivity contribution in [3.8, 4) is 0 Å². The van der Waals surface area contributed by atoms with Crippen LogP contribution in [0.3, 0.4) is 0 Å². The largest absolute Gasteiger partial charge is 0.357 e. The zero-order chi connectivity index (χ0) is 11.3. The molecule has 0 saturated carbocycles. The molecule has 0 aliphatic carbocycles. The van der Waals surface area contributed by atoms with E-state index in [1.54, 1.807) is 0 Å². The molecule has 0 aliphatic heterocycles. The number of carbonyl (C=O) groups is 2. The zero-order valence-electron chi connectivity index (χ0n) is 9.04. The molecule has 0 aliphatic rings. The molecular weight excluding hydrogens is 192 g/mol. The number of H-pyrrole nitrogens is 1. The van der Waals surface area contributed by atoms with Crippen LogP contribution in [0.2, 0.25) is 0 Å². The second kappa shape index (κ2) is 5.34. The molecule has 0 unspecified atom stereocenters. The van der Waals surface area contributed by atoms with Gasteiger partial charge in [0.05, 0.1) is 0 Å². The van der Waals surface area contributed by atoms with Gasteiger partial charge in [-0.1, -0.05) is 13.8 Å². The topological polar surface area (TPSA) is 62.0 Å². The maximum absolute atomic E-state index is 11.5. The maximum Gasteiger partial charge on any atom is 0.267 e. The summed E-state index contributed by atoms with van der Waals surface area (Å²) >= 11 is 0. The first kappa shape index (κ1) is 11.5. The number of amides is 1. The number of hydrogen-bond donors (Lipinski definition) is 2. The predicted molar refractivity (Wildman–Crippen MR) is 58.0 cm³/mol. The first-order valence-corrected chi connectivity index (χ1v) is 5.05. The minimum atomic E-state index is -0.163. The first-order valence-electron chi connectivity index (χ1n) is 5.05. The molecule has 1 amide bonds. The molecule has 15 heavy (non-hydrogen) atoms. The zero-order valence-corrected chi connectivity index (χ0v) is 9.04. The van der Waals surface area contributed by atoms with Gasteiger partial charge in [0.2, 0.25) is 0 Å². The van der Waals surface area contributed by atoms with Crippen LogP contribution in [0, 0.1) is 5.92 Å². The monoisotopic (exact) mass is 208 g/mol. The van der Waals surface area contributed by atoms with Crippen molar-refractivity contribution >= 4 is 12.2 Å². The Morgan fingerprint density at radius 2 is 2.33 bits per heavy atom. The van der Waals surface area contributed by atoms with Crippen molar-refractivity contribution in [2.75, 3.05) is 6.54 Å². The summed E-state index contributed by atoms with van der Waals surface area (Å²) in [7, 11) is 0. The Labute approximate surface area is 89.1 Å². The highest BCUT2D eigenvalue weighted by Crippen LogP contribution is 2.01. The lowest BCUT2D eigenvalue weighted by molar-refractivity contribution is 0.0947. The SMILES string of the molecule is CC(C)CCNC(=O)c1cc(C=O)c[nH]1. The van der Waals surface area contributed by atoms with Gasteiger partial charge in [-0.2, -0.15) is 0 Å². The molecule has 1 rings (SSSR count). The highest BCUT2D eigenvalue weighted by Gasteiger charge is 2.07. The van der Waals surface area contributed by atoms with Crippen molar-refractivity contribution in [2.24, 2.45) is 5.92 Å². The minimum absolute atomic E-state index is 0.163. The fourth-order valence-corrected chi connectivity index (χ4v) is 1.18. The van der Waals surface area contributed by atoms with Crippen molar-refractivity contribution in [3.05, 3.63) is 23.5 Å². The van der Waals surface area contributed by atoms with Crippen LogP contribution in [-0.2, 0) is 0 Å². The smallest absolute Gasteiger partial charge is 0.267 e.